The lowest BCUT2D eigenvalue weighted by Crippen LogP contribution is -2.59. The number of rotatable bonds is 0. The molecule has 0 heterocycles. The largest absolute Gasteiger partial charge is 0.393 e. The van der Waals surface area contributed by atoms with Crippen LogP contribution < -0.4 is 0 Å². The van der Waals surface area contributed by atoms with Crippen LogP contribution in [-0.2, 0) is 0 Å². The molecule has 3 fully saturated rings. The molecule has 3 N–H and O–H groups in total. The van der Waals surface area contributed by atoms with Crippen molar-refractivity contribution in [3.05, 3.63) is 11.6 Å². The summed E-state index contributed by atoms with van der Waals surface area (Å²) in [6.45, 7) is 4.68. The van der Waals surface area contributed by atoms with Crippen LogP contribution >= 0.6 is 0 Å². The Morgan fingerprint density at radius 2 is 1.77 bits per heavy atom. The Balaban J connectivity index is 1.79. The number of fused-ring (bicyclic) bond motifs is 5. The molecule has 0 aromatic carbocycles. The van der Waals surface area contributed by atoms with Gasteiger partial charge in [-0.25, -0.2) is 0 Å². The van der Waals surface area contributed by atoms with Gasteiger partial charge < -0.3 is 15.3 Å². The first-order chi connectivity index (χ1) is 10.3. The molecule has 0 aromatic rings. The molecule has 0 aliphatic heterocycles. The normalized spacial score (nSPS) is 53.2. The molecule has 124 valence electrons. The molecule has 0 unspecified atom stereocenters. The molecule has 6 atom stereocenters. The van der Waals surface area contributed by atoms with E-state index in [-0.39, 0.29) is 17.4 Å². The summed E-state index contributed by atoms with van der Waals surface area (Å²) in [7, 11) is 0. The number of aliphatic hydroxyl groups is 3. The van der Waals surface area contributed by atoms with Gasteiger partial charge in [-0.3, -0.25) is 0 Å². The maximum absolute atomic E-state index is 10.9. The molecule has 4 aliphatic rings. The monoisotopic (exact) mass is 306 g/mol. The van der Waals surface area contributed by atoms with Crippen LogP contribution in [0.15, 0.2) is 11.6 Å². The van der Waals surface area contributed by atoms with Gasteiger partial charge in [-0.2, -0.15) is 0 Å². The van der Waals surface area contributed by atoms with Gasteiger partial charge in [-0.05, 0) is 73.7 Å². The van der Waals surface area contributed by atoms with Crippen molar-refractivity contribution in [3.8, 4) is 0 Å². The summed E-state index contributed by atoms with van der Waals surface area (Å²) >= 11 is 0. The van der Waals surface area contributed by atoms with Crippen LogP contribution in [0.25, 0.3) is 0 Å². The SMILES string of the molecule is C[C@@]12CCC[C@H]1[C@H]1[C@H](CC2)[C@@]2(C)CC[C@H](O)CC2=CC1(O)O. The van der Waals surface area contributed by atoms with Crippen molar-refractivity contribution >= 4 is 0 Å². The second-order valence-electron chi connectivity index (χ2n) is 9.09. The van der Waals surface area contributed by atoms with E-state index in [2.05, 4.69) is 13.8 Å². The van der Waals surface area contributed by atoms with E-state index in [0.29, 0.717) is 23.7 Å². The molecule has 3 nitrogen and oxygen atoms in total. The maximum Gasteiger partial charge on any atom is 0.186 e. The van der Waals surface area contributed by atoms with Gasteiger partial charge in [0, 0.05) is 5.92 Å². The van der Waals surface area contributed by atoms with Gasteiger partial charge in [0.2, 0.25) is 0 Å². The predicted molar refractivity (Wildman–Crippen MR) is 84.9 cm³/mol. The number of hydrogen-bond donors (Lipinski definition) is 3. The summed E-state index contributed by atoms with van der Waals surface area (Å²) in [6.07, 6.45) is 9.80. The Morgan fingerprint density at radius 1 is 1.00 bits per heavy atom. The topological polar surface area (TPSA) is 60.7 Å². The summed E-state index contributed by atoms with van der Waals surface area (Å²) in [4.78, 5) is 0. The van der Waals surface area contributed by atoms with Crippen LogP contribution in [0.5, 0.6) is 0 Å². The third-order valence-corrected chi connectivity index (χ3v) is 7.93. The van der Waals surface area contributed by atoms with E-state index in [4.69, 9.17) is 0 Å². The van der Waals surface area contributed by atoms with E-state index >= 15 is 0 Å². The smallest absolute Gasteiger partial charge is 0.186 e. The molecule has 3 heteroatoms. The van der Waals surface area contributed by atoms with Gasteiger partial charge in [0.05, 0.1) is 6.10 Å². The second kappa shape index (κ2) is 4.58. The van der Waals surface area contributed by atoms with Crippen molar-refractivity contribution in [1.82, 2.24) is 0 Å². The predicted octanol–water partition coefficient (Wildman–Crippen LogP) is 2.99. The van der Waals surface area contributed by atoms with Crippen molar-refractivity contribution in [1.29, 1.82) is 0 Å². The molecule has 3 saturated carbocycles. The van der Waals surface area contributed by atoms with Gasteiger partial charge in [-0.15, -0.1) is 0 Å². The van der Waals surface area contributed by atoms with Gasteiger partial charge in [0.1, 0.15) is 0 Å². The zero-order valence-corrected chi connectivity index (χ0v) is 13.9. The second-order valence-corrected chi connectivity index (χ2v) is 9.09. The molecule has 0 spiro atoms. The van der Waals surface area contributed by atoms with Gasteiger partial charge in [-0.1, -0.05) is 25.8 Å². The van der Waals surface area contributed by atoms with E-state index in [0.717, 1.165) is 31.3 Å². The molecule has 0 amide bonds. The molecule has 0 radical (unpaired) electrons. The lowest BCUT2D eigenvalue weighted by Gasteiger charge is -2.60. The van der Waals surface area contributed by atoms with E-state index in [1.165, 1.54) is 19.3 Å². The zero-order chi connectivity index (χ0) is 15.8. The van der Waals surface area contributed by atoms with E-state index in [9.17, 15) is 15.3 Å². The first-order valence-corrected chi connectivity index (χ1v) is 9.11. The molecular weight excluding hydrogens is 276 g/mol. The fourth-order valence-corrected chi connectivity index (χ4v) is 6.65. The lowest BCUT2D eigenvalue weighted by atomic mass is 9.47. The Morgan fingerprint density at radius 3 is 2.55 bits per heavy atom. The quantitative estimate of drug-likeness (QED) is 0.476. The highest BCUT2D eigenvalue weighted by Crippen LogP contribution is 2.66. The summed E-state index contributed by atoms with van der Waals surface area (Å²) in [6, 6.07) is 0. The number of aliphatic hydroxyl groups excluding tert-OH is 1. The molecule has 4 aliphatic carbocycles. The first-order valence-electron chi connectivity index (χ1n) is 9.11. The third-order valence-electron chi connectivity index (χ3n) is 7.93. The molecule has 4 rings (SSSR count). The Hall–Kier alpha value is -0.380. The molecule has 0 aromatic heterocycles. The Kier molecular flexibility index (Phi) is 3.16. The first kappa shape index (κ1) is 15.2. The van der Waals surface area contributed by atoms with Crippen molar-refractivity contribution in [2.24, 2.45) is 28.6 Å². The molecule has 22 heavy (non-hydrogen) atoms. The van der Waals surface area contributed by atoms with Crippen LogP contribution in [-0.4, -0.2) is 27.2 Å². The Labute approximate surface area is 133 Å². The zero-order valence-electron chi connectivity index (χ0n) is 13.9. The van der Waals surface area contributed by atoms with Gasteiger partial charge in [0.25, 0.3) is 0 Å². The minimum Gasteiger partial charge on any atom is -0.393 e. The molecule has 0 bridgehead atoms. The standard InChI is InChI=1S/C19H30O3/c1-17-7-3-4-14(17)16-15(6-8-17)18(2)9-5-13(20)10-12(18)11-19(16,21)22/h11,13-16,20-22H,3-10H2,1-2H3/t13-,14-,15-,16-,17-,18-/m0/s1. The molecule has 0 saturated heterocycles. The summed E-state index contributed by atoms with van der Waals surface area (Å²) < 4.78 is 0. The van der Waals surface area contributed by atoms with Crippen molar-refractivity contribution in [3.63, 3.8) is 0 Å². The number of hydrogen-bond acceptors (Lipinski definition) is 3. The van der Waals surface area contributed by atoms with E-state index < -0.39 is 5.79 Å². The van der Waals surface area contributed by atoms with Crippen LogP contribution in [0.2, 0.25) is 0 Å². The van der Waals surface area contributed by atoms with Crippen LogP contribution in [0.4, 0.5) is 0 Å². The molecular formula is C19H30O3. The maximum atomic E-state index is 10.9. The average Bonchev–Trinajstić information content (AvgIpc) is 2.82. The summed E-state index contributed by atoms with van der Waals surface area (Å²) in [5, 5.41) is 31.8. The van der Waals surface area contributed by atoms with Gasteiger partial charge in [0.15, 0.2) is 5.79 Å². The highest BCUT2D eigenvalue weighted by atomic mass is 16.5. The highest BCUT2D eigenvalue weighted by molar-refractivity contribution is 5.29. The van der Waals surface area contributed by atoms with Crippen LogP contribution in [0.3, 0.4) is 0 Å². The lowest BCUT2D eigenvalue weighted by molar-refractivity contribution is -0.232. The highest BCUT2D eigenvalue weighted by Gasteiger charge is 2.62. The van der Waals surface area contributed by atoms with E-state index in [1.807, 2.05) is 0 Å². The van der Waals surface area contributed by atoms with Crippen molar-refractivity contribution in [2.45, 2.75) is 77.1 Å². The van der Waals surface area contributed by atoms with Crippen LogP contribution in [0.1, 0.15) is 65.2 Å². The van der Waals surface area contributed by atoms with Crippen molar-refractivity contribution < 1.29 is 15.3 Å². The summed E-state index contributed by atoms with van der Waals surface area (Å²) in [5.41, 5.74) is 1.45. The summed E-state index contributed by atoms with van der Waals surface area (Å²) in [5.74, 6) is -0.931. The minimum absolute atomic E-state index is 0.0299. The third kappa shape index (κ3) is 1.91. The average molecular weight is 306 g/mol. The van der Waals surface area contributed by atoms with E-state index in [1.54, 1.807) is 6.08 Å². The Bertz CT molecular complexity index is 511. The van der Waals surface area contributed by atoms with Gasteiger partial charge >= 0.3 is 0 Å². The minimum atomic E-state index is -1.69. The fourth-order valence-electron chi connectivity index (χ4n) is 6.65. The fraction of sp³-hybridized carbons (Fsp3) is 0.895. The van der Waals surface area contributed by atoms with Crippen molar-refractivity contribution in [2.75, 3.05) is 0 Å². The van der Waals surface area contributed by atoms with Crippen LogP contribution in [0, 0.1) is 28.6 Å².